The lowest BCUT2D eigenvalue weighted by Gasteiger charge is -2.37. The second-order valence-electron chi connectivity index (χ2n) is 10.0. The van der Waals surface area contributed by atoms with Gasteiger partial charge in [0.1, 0.15) is 0 Å². The van der Waals surface area contributed by atoms with Gasteiger partial charge < -0.3 is 9.80 Å². The van der Waals surface area contributed by atoms with Crippen LogP contribution in [0.15, 0.2) is 70.7 Å². The highest BCUT2D eigenvalue weighted by atomic mass is 19.4. The molecule has 1 amide bonds. The number of carbonyl (C=O) groups excluding carboxylic acids is 1. The van der Waals surface area contributed by atoms with Crippen LogP contribution in [0.3, 0.4) is 0 Å². The highest BCUT2D eigenvalue weighted by Crippen LogP contribution is 2.40. The summed E-state index contributed by atoms with van der Waals surface area (Å²) in [6.45, 7) is 8.12. The van der Waals surface area contributed by atoms with Gasteiger partial charge in [-0.1, -0.05) is 12.1 Å². The van der Waals surface area contributed by atoms with E-state index in [1.165, 1.54) is 29.7 Å². The van der Waals surface area contributed by atoms with Crippen molar-refractivity contribution in [1.29, 1.82) is 0 Å². The number of halogens is 3. The molecule has 41 heavy (non-hydrogen) atoms. The number of aromatic nitrogens is 3. The lowest BCUT2D eigenvalue weighted by molar-refractivity contribution is -0.137. The molecule has 1 saturated heterocycles. The molecule has 0 unspecified atom stereocenters. The fraction of sp³-hybridized carbons (Fsp3) is 0.267. The van der Waals surface area contributed by atoms with Gasteiger partial charge in [0, 0.05) is 74.9 Å². The lowest BCUT2D eigenvalue weighted by atomic mass is 9.98. The topological polar surface area (TPSA) is 75.7 Å². The zero-order valence-corrected chi connectivity index (χ0v) is 22.9. The van der Waals surface area contributed by atoms with Crippen LogP contribution in [0, 0.1) is 6.92 Å². The van der Waals surface area contributed by atoms with E-state index in [1.807, 2.05) is 18.3 Å². The number of nitrogens with zero attached hydrogens (tertiary/aromatic N) is 6. The second kappa shape index (κ2) is 10.7. The van der Waals surface area contributed by atoms with Crippen LogP contribution in [-0.2, 0) is 18.0 Å². The Bertz CT molecular complexity index is 1700. The van der Waals surface area contributed by atoms with Gasteiger partial charge in [0.05, 0.1) is 23.1 Å². The number of hydrogen-bond donors (Lipinski definition) is 0. The second-order valence-corrected chi connectivity index (χ2v) is 10.0. The molecule has 0 atom stereocenters. The standard InChI is InChI=1S/C30H29F3N6O2/c1-19-5-10-28(41)39(29(19)24-15-21(6-8-26(24)34-3)22-17-35-36(4)18-22)23-7-9-27(25(16-23)30(31,32)33)38-13-11-37(12-14-38)20(2)40/h5-10,15-18H,3,11-14H2,1-2,4H3. The molecule has 3 heterocycles. The quantitative estimate of drug-likeness (QED) is 0.312. The van der Waals surface area contributed by atoms with E-state index in [0.717, 1.165) is 17.2 Å². The maximum absolute atomic E-state index is 14.5. The summed E-state index contributed by atoms with van der Waals surface area (Å²) in [6.07, 6.45) is -1.13. The molecule has 2 aromatic heterocycles. The number of amides is 1. The lowest BCUT2D eigenvalue weighted by Crippen LogP contribution is -2.48. The van der Waals surface area contributed by atoms with Gasteiger partial charge in [-0.25, -0.2) is 0 Å². The van der Waals surface area contributed by atoms with Gasteiger partial charge in [0.25, 0.3) is 5.56 Å². The van der Waals surface area contributed by atoms with Crippen LogP contribution in [0.25, 0.3) is 28.1 Å². The van der Waals surface area contributed by atoms with E-state index in [-0.39, 0.29) is 30.4 Å². The maximum atomic E-state index is 14.5. The minimum Gasteiger partial charge on any atom is -0.367 e. The summed E-state index contributed by atoms with van der Waals surface area (Å²) < 4.78 is 46.3. The molecule has 0 saturated carbocycles. The monoisotopic (exact) mass is 562 g/mol. The smallest absolute Gasteiger partial charge is 0.367 e. The number of carbonyl (C=O) groups is 1. The van der Waals surface area contributed by atoms with Gasteiger partial charge >= 0.3 is 6.18 Å². The van der Waals surface area contributed by atoms with Crippen molar-refractivity contribution in [3.05, 3.63) is 82.4 Å². The van der Waals surface area contributed by atoms with Crippen molar-refractivity contribution in [1.82, 2.24) is 19.2 Å². The summed E-state index contributed by atoms with van der Waals surface area (Å²) in [7, 11) is 1.80. The maximum Gasteiger partial charge on any atom is 0.418 e. The van der Waals surface area contributed by atoms with E-state index in [1.54, 1.807) is 46.8 Å². The summed E-state index contributed by atoms with van der Waals surface area (Å²) >= 11 is 0. The summed E-state index contributed by atoms with van der Waals surface area (Å²) in [5, 5.41) is 4.22. The third-order valence-corrected chi connectivity index (χ3v) is 7.36. The van der Waals surface area contributed by atoms with Crippen LogP contribution < -0.4 is 10.5 Å². The number of hydrogen-bond acceptors (Lipinski definition) is 5. The first-order chi connectivity index (χ1) is 19.5. The first-order valence-electron chi connectivity index (χ1n) is 13.0. The molecular formula is C30H29F3N6O2. The number of pyridine rings is 1. The van der Waals surface area contributed by atoms with Crippen LogP contribution in [-0.4, -0.2) is 58.1 Å². The van der Waals surface area contributed by atoms with Gasteiger partial charge in [0.15, 0.2) is 0 Å². The Labute approximate surface area is 235 Å². The van der Waals surface area contributed by atoms with Gasteiger partial charge in [-0.15, -0.1) is 0 Å². The fourth-order valence-electron chi connectivity index (χ4n) is 5.27. The first-order valence-corrected chi connectivity index (χ1v) is 13.0. The number of piperazine rings is 1. The minimum absolute atomic E-state index is 0.0127. The van der Waals surface area contributed by atoms with Crippen molar-refractivity contribution >= 4 is 24.0 Å². The molecule has 11 heteroatoms. The zero-order valence-electron chi connectivity index (χ0n) is 22.9. The van der Waals surface area contributed by atoms with Crippen molar-refractivity contribution in [2.75, 3.05) is 31.1 Å². The average molecular weight is 563 g/mol. The summed E-state index contributed by atoms with van der Waals surface area (Å²) in [5.41, 5.74) is 2.52. The Morgan fingerprint density at radius 3 is 2.34 bits per heavy atom. The number of rotatable bonds is 5. The van der Waals surface area contributed by atoms with Gasteiger partial charge in [-0.3, -0.25) is 23.8 Å². The summed E-state index contributed by atoms with van der Waals surface area (Å²) in [6, 6.07) is 12.4. The Morgan fingerprint density at radius 1 is 1.00 bits per heavy atom. The van der Waals surface area contributed by atoms with Crippen molar-refractivity contribution in [3.63, 3.8) is 0 Å². The Kier molecular flexibility index (Phi) is 7.29. The Hall–Kier alpha value is -4.67. The van der Waals surface area contributed by atoms with E-state index < -0.39 is 17.3 Å². The third kappa shape index (κ3) is 5.39. The Morgan fingerprint density at radius 2 is 1.73 bits per heavy atom. The molecule has 0 radical (unpaired) electrons. The van der Waals surface area contributed by atoms with Crippen molar-refractivity contribution < 1.29 is 18.0 Å². The molecule has 1 aliphatic rings. The van der Waals surface area contributed by atoms with E-state index in [0.29, 0.717) is 35.6 Å². The number of aliphatic imine (C=N–C) groups is 1. The third-order valence-electron chi connectivity index (χ3n) is 7.36. The van der Waals surface area contributed by atoms with Crippen molar-refractivity contribution in [3.8, 4) is 28.1 Å². The van der Waals surface area contributed by atoms with E-state index in [9.17, 15) is 22.8 Å². The first kappa shape index (κ1) is 27.9. The molecule has 212 valence electrons. The van der Waals surface area contributed by atoms with Crippen molar-refractivity contribution in [2.45, 2.75) is 20.0 Å². The Balaban J connectivity index is 1.67. The van der Waals surface area contributed by atoms with Gasteiger partial charge in [-0.2, -0.15) is 18.3 Å². The van der Waals surface area contributed by atoms with E-state index in [4.69, 9.17) is 0 Å². The highest BCUT2D eigenvalue weighted by molar-refractivity contribution is 5.83. The van der Waals surface area contributed by atoms with Crippen LogP contribution in [0.1, 0.15) is 18.1 Å². The van der Waals surface area contributed by atoms with E-state index >= 15 is 0 Å². The van der Waals surface area contributed by atoms with E-state index in [2.05, 4.69) is 16.8 Å². The van der Waals surface area contributed by atoms with Crippen LogP contribution >= 0.6 is 0 Å². The van der Waals surface area contributed by atoms with Crippen LogP contribution in [0.2, 0.25) is 0 Å². The fourth-order valence-corrected chi connectivity index (χ4v) is 5.27. The summed E-state index contributed by atoms with van der Waals surface area (Å²) in [4.78, 5) is 32.4. The molecule has 5 rings (SSSR count). The molecule has 0 aliphatic carbocycles. The molecule has 1 fully saturated rings. The molecular weight excluding hydrogens is 533 g/mol. The van der Waals surface area contributed by atoms with Crippen LogP contribution in [0.4, 0.5) is 24.5 Å². The number of alkyl halides is 3. The van der Waals surface area contributed by atoms with Crippen LogP contribution in [0.5, 0.6) is 0 Å². The molecule has 8 nitrogen and oxygen atoms in total. The largest absolute Gasteiger partial charge is 0.418 e. The molecule has 0 spiro atoms. The van der Waals surface area contributed by atoms with Crippen molar-refractivity contribution in [2.24, 2.45) is 12.0 Å². The predicted molar refractivity (Wildman–Crippen MR) is 153 cm³/mol. The zero-order chi connectivity index (χ0) is 29.5. The predicted octanol–water partition coefficient (Wildman–Crippen LogP) is 5.23. The molecule has 2 aromatic carbocycles. The number of benzene rings is 2. The highest BCUT2D eigenvalue weighted by Gasteiger charge is 2.36. The normalized spacial score (nSPS) is 13.9. The van der Waals surface area contributed by atoms with Gasteiger partial charge in [-0.05, 0) is 55.1 Å². The number of aryl methyl sites for hydroxylation is 2. The SMILES string of the molecule is C=Nc1ccc(-c2cnn(C)c2)cc1-c1c(C)ccc(=O)n1-c1ccc(N2CCN(C(C)=O)CC2)c(C(F)(F)F)c1. The average Bonchev–Trinajstić information content (AvgIpc) is 3.39. The molecule has 1 aliphatic heterocycles. The van der Waals surface area contributed by atoms with Gasteiger partial charge in [0.2, 0.25) is 5.91 Å². The minimum atomic E-state index is -4.68. The number of anilines is 1. The molecule has 0 bridgehead atoms. The molecule has 0 N–H and O–H groups in total. The summed E-state index contributed by atoms with van der Waals surface area (Å²) in [5.74, 6) is -0.108. The molecule has 4 aromatic rings.